The fourth-order valence-electron chi connectivity index (χ4n) is 2.93. The van der Waals surface area contributed by atoms with E-state index in [1.54, 1.807) is 7.11 Å². The minimum Gasteiger partial charge on any atom is -0.469 e. The number of hydrogen-bond acceptors (Lipinski definition) is 5. The van der Waals surface area contributed by atoms with Crippen molar-refractivity contribution in [2.45, 2.75) is 19.4 Å². The molecule has 0 bridgehead atoms. The summed E-state index contributed by atoms with van der Waals surface area (Å²) >= 11 is 0. The van der Waals surface area contributed by atoms with Crippen LogP contribution in [0, 0.1) is 17.8 Å². The highest BCUT2D eigenvalue weighted by Crippen LogP contribution is 2.42. The van der Waals surface area contributed by atoms with Crippen LogP contribution in [0.15, 0.2) is 11.6 Å². The SMILES string of the molecule is CCC1=C[C@@H](OC)[C@H]2C(=O)OC[C@H]2[C@H]1C(=O)OC. The highest BCUT2D eigenvalue weighted by atomic mass is 16.5. The molecule has 5 nitrogen and oxygen atoms in total. The minimum absolute atomic E-state index is 0.171. The highest BCUT2D eigenvalue weighted by molar-refractivity contribution is 5.82. The second-order valence-electron chi connectivity index (χ2n) is 4.62. The lowest BCUT2D eigenvalue weighted by Gasteiger charge is -2.33. The monoisotopic (exact) mass is 254 g/mol. The molecule has 2 rings (SSSR count). The largest absolute Gasteiger partial charge is 0.469 e. The molecule has 0 saturated carbocycles. The summed E-state index contributed by atoms with van der Waals surface area (Å²) in [6.45, 7) is 2.24. The number of ether oxygens (including phenoxy) is 3. The van der Waals surface area contributed by atoms with Crippen LogP contribution in [0.5, 0.6) is 0 Å². The molecule has 0 N–H and O–H groups in total. The molecule has 2 aliphatic rings. The first-order valence-electron chi connectivity index (χ1n) is 6.11. The third-order valence-electron chi connectivity index (χ3n) is 3.85. The van der Waals surface area contributed by atoms with Crippen molar-refractivity contribution >= 4 is 11.9 Å². The quantitative estimate of drug-likeness (QED) is 0.554. The van der Waals surface area contributed by atoms with E-state index in [9.17, 15) is 9.59 Å². The van der Waals surface area contributed by atoms with Gasteiger partial charge in [-0.15, -0.1) is 0 Å². The van der Waals surface area contributed by atoms with Gasteiger partial charge in [0.05, 0.1) is 31.7 Å². The topological polar surface area (TPSA) is 61.8 Å². The maximum absolute atomic E-state index is 11.9. The van der Waals surface area contributed by atoms with E-state index in [0.717, 1.165) is 12.0 Å². The van der Waals surface area contributed by atoms with Crippen molar-refractivity contribution in [2.24, 2.45) is 17.8 Å². The summed E-state index contributed by atoms with van der Waals surface area (Å²) in [5.74, 6) is -1.54. The fraction of sp³-hybridized carbons (Fsp3) is 0.692. The van der Waals surface area contributed by atoms with Gasteiger partial charge in [0.1, 0.15) is 0 Å². The zero-order chi connectivity index (χ0) is 13.3. The van der Waals surface area contributed by atoms with Gasteiger partial charge < -0.3 is 14.2 Å². The van der Waals surface area contributed by atoms with Gasteiger partial charge in [-0.3, -0.25) is 9.59 Å². The molecule has 1 fully saturated rings. The van der Waals surface area contributed by atoms with Crippen LogP contribution in [0.4, 0.5) is 0 Å². The molecule has 1 saturated heterocycles. The van der Waals surface area contributed by atoms with Gasteiger partial charge in [-0.2, -0.15) is 0 Å². The average molecular weight is 254 g/mol. The Morgan fingerprint density at radius 2 is 2.22 bits per heavy atom. The van der Waals surface area contributed by atoms with Crippen molar-refractivity contribution in [3.63, 3.8) is 0 Å². The van der Waals surface area contributed by atoms with E-state index in [2.05, 4.69) is 0 Å². The maximum atomic E-state index is 11.9. The van der Waals surface area contributed by atoms with Crippen molar-refractivity contribution in [1.29, 1.82) is 0 Å². The molecular weight excluding hydrogens is 236 g/mol. The first-order chi connectivity index (χ1) is 8.63. The van der Waals surface area contributed by atoms with Crippen LogP contribution in [0.1, 0.15) is 13.3 Å². The van der Waals surface area contributed by atoms with Crippen LogP contribution in [0.3, 0.4) is 0 Å². The van der Waals surface area contributed by atoms with E-state index in [1.165, 1.54) is 7.11 Å². The Kier molecular flexibility index (Phi) is 3.71. The summed E-state index contributed by atoms with van der Waals surface area (Å²) in [6.07, 6.45) is 2.30. The van der Waals surface area contributed by atoms with E-state index >= 15 is 0 Å². The molecule has 5 heteroatoms. The van der Waals surface area contributed by atoms with Crippen molar-refractivity contribution in [2.75, 3.05) is 20.8 Å². The molecule has 0 spiro atoms. The number of methoxy groups -OCH3 is 2. The molecule has 0 unspecified atom stereocenters. The molecule has 0 amide bonds. The smallest absolute Gasteiger partial charge is 0.313 e. The van der Waals surface area contributed by atoms with Crippen molar-refractivity contribution in [3.05, 3.63) is 11.6 Å². The van der Waals surface area contributed by atoms with Gasteiger partial charge in [-0.1, -0.05) is 18.6 Å². The van der Waals surface area contributed by atoms with Crippen molar-refractivity contribution in [3.8, 4) is 0 Å². The number of carbonyl (C=O) groups is 2. The second-order valence-corrected chi connectivity index (χ2v) is 4.62. The normalized spacial score (nSPS) is 34.6. The first kappa shape index (κ1) is 13.1. The van der Waals surface area contributed by atoms with Gasteiger partial charge in [-0.05, 0) is 6.42 Å². The number of cyclic esters (lactones) is 1. The maximum Gasteiger partial charge on any atom is 0.313 e. The Balaban J connectivity index is 2.39. The van der Waals surface area contributed by atoms with E-state index in [1.807, 2.05) is 13.0 Å². The average Bonchev–Trinajstić information content (AvgIpc) is 2.78. The van der Waals surface area contributed by atoms with Crippen molar-refractivity contribution in [1.82, 2.24) is 0 Å². The molecule has 100 valence electrons. The Bertz CT molecular complexity index is 387. The summed E-state index contributed by atoms with van der Waals surface area (Å²) < 4.78 is 15.3. The lowest BCUT2D eigenvalue weighted by Crippen LogP contribution is -2.42. The van der Waals surface area contributed by atoms with E-state index in [0.29, 0.717) is 0 Å². The standard InChI is InChI=1S/C13H18O5/c1-4-7-5-9(16-2)11-8(6-18-13(11)15)10(7)12(14)17-3/h5,8-11H,4,6H2,1-3H3/t8-,9+,10-,11-/m0/s1. The molecule has 0 aromatic rings. The van der Waals surface area contributed by atoms with Crippen LogP contribution < -0.4 is 0 Å². The predicted octanol–water partition coefficient (Wildman–Crippen LogP) is 0.930. The third kappa shape index (κ3) is 1.92. The Hall–Kier alpha value is -1.36. The molecule has 1 heterocycles. The van der Waals surface area contributed by atoms with Crippen LogP contribution in [0.25, 0.3) is 0 Å². The molecule has 0 aromatic carbocycles. The molecule has 4 atom stereocenters. The summed E-state index contributed by atoms with van der Waals surface area (Å²) in [5.41, 5.74) is 0.966. The van der Waals surface area contributed by atoms with E-state index in [-0.39, 0.29) is 36.5 Å². The Morgan fingerprint density at radius 1 is 1.50 bits per heavy atom. The summed E-state index contributed by atoms with van der Waals surface area (Å²) in [7, 11) is 2.93. The fourth-order valence-corrected chi connectivity index (χ4v) is 2.93. The number of hydrogen-bond donors (Lipinski definition) is 0. The molecule has 1 aliphatic carbocycles. The van der Waals surface area contributed by atoms with Gasteiger partial charge in [0.25, 0.3) is 0 Å². The summed E-state index contributed by atoms with van der Waals surface area (Å²) in [4.78, 5) is 23.7. The molecule has 18 heavy (non-hydrogen) atoms. The van der Waals surface area contributed by atoms with E-state index in [4.69, 9.17) is 14.2 Å². The first-order valence-corrected chi connectivity index (χ1v) is 6.11. The van der Waals surface area contributed by atoms with Gasteiger partial charge in [0, 0.05) is 13.0 Å². The zero-order valence-corrected chi connectivity index (χ0v) is 10.8. The zero-order valence-electron chi connectivity index (χ0n) is 10.8. The van der Waals surface area contributed by atoms with Gasteiger partial charge >= 0.3 is 11.9 Å². The minimum atomic E-state index is -0.394. The van der Waals surface area contributed by atoms with Crippen LogP contribution in [0.2, 0.25) is 0 Å². The molecular formula is C13H18O5. The molecule has 0 aromatic heterocycles. The molecule has 1 aliphatic heterocycles. The second kappa shape index (κ2) is 5.10. The van der Waals surface area contributed by atoms with Gasteiger partial charge in [0.2, 0.25) is 0 Å². The predicted molar refractivity (Wildman–Crippen MR) is 62.6 cm³/mol. The number of carbonyl (C=O) groups excluding carboxylic acids is 2. The molecule has 0 radical (unpaired) electrons. The Labute approximate surface area is 106 Å². The lowest BCUT2D eigenvalue weighted by atomic mass is 9.71. The highest BCUT2D eigenvalue weighted by Gasteiger charge is 2.51. The number of esters is 2. The van der Waals surface area contributed by atoms with Crippen LogP contribution >= 0.6 is 0 Å². The Morgan fingerprint density at radius 3 is 2.78 bits per heavy atom. The van der Waals surface area contributed by atoms with Gasteiger partial charge in [0.15, 0.2) is 0 Å². The van der Waals surface area contributed by atoms with E-state index < -0.39 is 5.92 Å². The van der Waals surface area contributed by atoms with Crippen LogP contribution in [-0.4, -0.2) is 38.9 Å². The number of fused-ring (bicyclic) bond motifs is 1. The third-order valence-corrected chi connectivity index (χ3v) is 3.85. The summed E-state index contributed by atoms with van der Waals surface area (Å²) in [5, 5.41) is 0. The lowest BCUT2D eigenvalue weighted by molar-refractivity contribution is -0.147. The van der Waals surface area contributed by atoms with Gasteiger partial charge in [-0.25, -0.2) is 0 Å². The summed E-state index contributed by atoms with van der Waals surface area (Å²) in [6, 6.07) is 0. The van der Waals surface area contributed by atoms with Crippen LogP contribution in [-0.2, 0) is 23.8 Å². The van der Waals surface area contributed by atoms with Crippen molar-refractivity contribution < 1.29 is 23.8 Å². The number of rotatable bonds is 3.